The van der Waals surface area contributed by atoms with Gasteiger partial charge in [0.15, 0.2) is 0 Å². The topological polar surface area (TPSA) is 52.0 Å². The fourth-order valence-electron chi connectivity index (χ4n) is 4.81. The molecule has 0 amide bonds. The van der Waals surface area contributed by atoms with Crippen LogP contribution in [-0.4, -0.2) is 0 Å². The number of benzene rings is 3. The summed E-state index contributed by atoms with van der Waals surface area (Å²) in [6.07, 6.45) is 6.80. The Hall–Kier alpha value is -2.16. The van der Waals surface area contributed by atoms with Crippen LogP contribution in [0.25, 0.3) is 5.57 Å². The third-order valence-corrected chi connectivity index (χ3v) is 5.74. The molecule has 3 heteroatoms. The van der Waals surface area contributed by atoms with Crippen LogP contribution < -0.4 is 11.5 Å². The monoisotopic (exact) mass is 423 g/mol. The van der Waals surface area contributed by atoms with E-state index in [1.807, 2.05) is 6.07 Å². The van der Waals surface area contributed by atoms with E-state index in [-0.39, 0.29) is 32.7 Å². The molecule has 0 unspecified atom stereocenters. The average Bonchev–Trinajstić information content (AvgIpc) is 2.98. The maximum atomic E-state index is 6.10. The molecule has 2 aliphatic rings. The SMILES string of the molecule is N[C-]=C1C(=[C-]N)C2(c3ccccc3Cc3ccccc32)c2ccccc21.[Y]. The molecule has 0 aromatic heterocycles. The molecule has 0 heterocycles. The van der Waals surface area contributed by atoms with E-state index in [2.05, 4.69) is 79.1 Å². The zero-order valence-corrected chi connectivity index (χ0v) is 17.7. The van der Waals surface area contributed by atoms with Gasteiger partial charge in [0.25, 0.3) is 0 Å². The molecule has 0 saturated heterocycles. The summed E-state index contributed by atoms with van der Waals surface area (Å²) in [5.41, 5.74) is 20.7. The van der Waals surface area contributed by atoms with Crippen molar-refractivity contribution >= 4 is 5.57 Å². The Morgan fingerprint density at radius 3 is 1.74 bits per heavy atom. The molecule has 1 radical (unpaired) electrons. The van der Waals surface area contributed by atoms with Crippen molar-refractivity contribution in [3.63, 3.8) is 0 Å². The molecule has 2 aliphatic carbocycles. The Balaban J connectivity index is 0.00000180. The van der Waals surface area contributed by atoms with Crippen molar-refractivity contribution in [3.8, 4) is 0 Å². The zero-order valence-electron chi connectivity index (χ0n) is 14.9. The molecule has 0 saturated carbocycles. The van der Waals surface area contributed by atoms with Gasteiger partial charge in [0.2, 0.25) is 0 Å². The predicted octanol–water partition coefficient (Wildman–Crippen LogP) is 3.68. The molecule has 0 fully saturated rings. The second-order valence-corrected chi connectivity index (χ2v) is 6.83. The summed E-state index contributed by atoms with van der Waals surface area (Å²) in [5.74, 6) is 0. The van der Waals surface area contributed by atoms with Crippen molar-refractivity contribution in [2.45, 2.75) is 11.8 Å². The van der Waals surface area contributed by atoms with Gasteiger partial charge in [0, 0.05) is 32.7 Å². The Labute approximate surface area is 184 Å². The number of nitrogens with two attached hydrogens (primary N) is 2. The number of rotatable bonds is 0. The number of fused-ring (bicyclic) bond motifs is 6. The molecule has 129 valence electrons. The maximum absolute atomic E-state index is 6.10. The summed E-state index contributed by atoms with van der Waals surface area (Å²) < 4.78 is 0. The first-order valence-corrected chi connectivity index (χ1v) is 8.77. The van der Waals surface area contributed by atoms with Crippen LogP contribution in [0.15, 0.2) is 78.4 Å². The van der Waals surface area contributed by atoms with Crippen LogP contribution in [0.5, 0.6) is 0 Å². The smallest absolute Gasteiger partial charge is 0 e. The third-order valence-electron chi connectivity index (χ3n) is 5.74. The summed E-state index contributed by atoms with van der Waals surface area (Å²) in [6.45, 7) is 0. The minimum absolute atomic E-state index is 0. The second-order valence-electron chi connectivity index (χ2n) is 6.83. The number of hydrogen-bond acceptors (Lipinski definition) is 2. The van der Waals surface area contributed by atoms with E-state index >= 15 is 0 Å². The fraction of sp³-hybridized carbons (Fsp3) is 0.0833. The van der Waals surface area contributed by atoms with E-state index in [9.17, 15) is 0 Å². The normalized spacial score (nSPS) is 18.7. The molecule has 27 heavy (non-hydrogen) atoms. The van der Waals surface area contributed by atoms with Gasteiger partial charge in [-0.1, -0.05) is 66.7 Å². The van der Waals surface area contributed by atoms with Crippen molar-refractivity contribution in [2.24, 2.45) is 11.5 Å². The molecular weight excluding hydrogens is 405 g/mol. The quantitative estimate of drug-likeness (QED) is 0.428. The maximum Gasteiger partial charge on any atom is 0 e. The Morgan fingerprint density at radius 1 is 0.667 bits per heavy atom. The van der Waals surface area contributed by atoms with Crippen molar-refractivity contribution in [1.29, 1.82) is 0 Å². The zero-order chi connectivity index (χ0) is 17.7. The van der Waals surface area contributed by atoms with Gasteiger partial charge < -0.3 is 17.0 Å². The van der Waals surface area contributed by atoms with Gasteiger partial charge in [-0.05, 0) is 34.1 Å². The Bertz CT molecular complexity index is 1050. The summed E-state index contributed by atoms with van der Waals surface area (Å²) in [7, 11) is 0. The van der Waals surface area contributed by atoms with Gasteiger partial charge in [-0.3, -0.25) is 5.57 Å². The molecular formula is C24H18N2Y-2. The molecule has 0 bridgehead atoms. The van der Waals surface area contributed by atoms with Crippen LogP contribution in [0.3, 0.4) is 0 Å². The van der Waals surface area contributed by atoms with Crippen molar-refractivity contribution in [1.82, 2.24) is 0 Å². The van der Waals surface area contributed by atoms with Crippen LogP contribution >= 0.6 is 0 Å². The first kappa shape index (κ1) is 18.2. The van der Waals surface area contributed by atoms with Crippen molar-refractivity contribution in [2.75, 3.05) is 0 Å². The standard InChI is InChI=1S/C24H18N2.Y/c25-14-19-18-9-3-6-12-22(18)24(23(19)15-26)20-10-4-1-7-16(20)13-17-8-2-5-11-21(17)24;/h1-12H,13,25-26H2;/q-2;. The average molecular weight is 423 g/mol. The summed E-state index contributed by atoms with van der Waals surface area (Å²) in [5, 5.41) is 0. The van der Waals surface area contributed by atoms with Gasteiger partial charge in [-0.15, -0.1) is 11.6 Å². The first-order valence-electron chi connectivity index (χ1n) is 8.77. The molecule has 0 aliphatic heterocycles. The second kappa shape index (κ2) is 6.78. The molecule has 3 aromatic rings. The minimum Gasteiger partial charge on any atom is -0.502 e. The van der Waals surface area contributed by atoms with E-state index in [1.54, 1.807) is 0 Å². The van der Waals surface area contributed by atoms with Crippen LogP contribution in [0, 0.1) is 12.4 Å². The van der Waals surface area contributed by atoms with E-state index in [4.69, 9.17) is 11.5 Å². The van der Waals surface area contributed by atoms with Gasteiger partial charge in [-0.2, -0.15) is 0 Å². The van der Waals surface area contributed by atoms with Gasteiger partial charge in [0.05, 0.1) is 0 Å². The van der Waals surface area contributed by atoms with Crippen LogP contribution in [-0.2, 0) is 44.5 Å². The van der Waals surface area contributed by atoms with E-state index in [0.29, 0.717) is 0 Å². The van der Waals surface area contributed by atoms with Crippen molar-refractivity contribution in [3.05, 3.63) is 124 Å². The van der Waals surface area contributed by atoms with Crippen LogP contribution in [0.2, 0.25) is 0 Å². The molecule has 3 aromatic carbocycles. The Morgan fingerprint density at radius 2 is 1.19 bits per heavy atom. The van der Waals surface area contributed by atoms with E-state index in [1.165, 1.54) is 27.8 Å². The third kappa shape index (κ3) is 2.27. The van der Waals surface area contributed by atoms with Gasteiger partial charge >= 0.3 is 0 Å². The summed E-state index contributed by atoms with van der Waals surface area (Å²) in [4.78, 5) is 0. The van der Waals surface area contributed by atoms with Gasteiger partial charge in [0.1, 0.15) is 0 Å². The molecule has 0 atom stereocenters. The van der Waals surface area contributed by atoms with Crippen molar-refractivity contribution < 1.29 is 32.7 Å². The van der Waals surface area contributed by atoms with E-state index < -0.39 is 5.41 Å². The first-order chi connectivity index (χ1) is 12.8. The molecule has 1 spiro atoms. The number of allylic oxidation sites excluding steroid dienone is 2. The fourth-order valence-corrected chi connectivity index (χ4v) is 4.81. The largest absolute Gasteiger partial charge is 0.502 e. The molecule has 2 nitrogen and oxygen atoms in total. The van der Waals surface area contributed by atoms with Crippen LogP contribution in [0.1, 0.15) is 33.4 Å². The molecule has 5 rings (SSSR count). The Kier molecular flexibility index (Phi) is 4.57. The number of hydrogen-bond donors (Lipinski definition) is 2. The predicted molar refractivity (Wildman–Crippen MR) is 104 cm³/mol. The van der Waals surface area contributed by atoms with E-state index in [0.717, 1.165) is 23.1 Å². The summed E-state index contributed by atoms with van der Waals surface area (Å²) >= 11 is 0. The van der Waals surface area contributed by atoms with Crippen LogP contribution in [0.4, 0.5) is 0 Å². The summed E-state index contributed by atoms with van der Waals surface area (Å²) in [6, 6.07) is 25.6. The van der Waals surface area contributed by atoms with Gasteiger partial charge in [-0.25, -0.2) is 18.0 Å². The molecule has 4 N–H and O–H groups in total. The minimum atomic E-state index is -0.488.